The zero-order valence-electron chi connectivity index (χ0n) is 12.5. The fraction of sp³-hybridized carbons (Fsp3) is 0.588. The quantitative estimate of drug-likeness (QED) is 0.874. The molecule has 120 valence electrons. The van der Waals surface area contributed by atoms with E-state index in [0.717, 1.165) is 24.8 Å². The molecule has 1 heterocycles. The van der Waals surface area contributed by atoms with Gasteiger partial charge in [0.2, 0.25) is 5.91 Å². The third-order valence-corrected chi connectivity index (χ3v) is 4.97. The zero-order chi connectivity index (χ0) is 15.5. The van der Waals surface area contributed by atoms with Crippen LogP contribution in [-0.4, -0.2) is 36.9 Å². The molecule has 1 aliphatic heterocycles. The average molecular weight is 324 g/mol. The minimum Gasteiger partial charge on any atom is -0.391 e. The monoisotopic (exact) mass is 323 g/mol. The molecule has 1 aliphatic carbocycles. The van der Waals surface area contributed by atoms with Gasteiger partial charge in [0.25, 0.3) is 0 Å². The Bertz CT molecular complexity index is 513. The summed E-state index contributed by atoms with van der Waals surface area (Å²) in [6.45, 7) is 1.75. The lowest BCUT2D eigenvalue weighted by Gasteiger charge is -2.26. The first kappa shape index (κ1) is 15.8. The highest BCUT2D eigenvalue weighted by molar-refractivity contribution is 6.30. The van der Waals surface area contributed by atoms with Gasteiger partial charge in [0.15, 0.2) is 0 Å². The molecule has 5 heteroatoms. The first-order chi connectivity index (χ1) is 10.6. The van der Waals surface area contributed by atoms with Gasteiger partial charge in [0, 0.05) is 30.7 Å². The van der Waals surface area contributed by atoms with Crippen molar-refractivity contribution in [2.24, 2.45) is 11.8 Å². The maximum atomic E-state index is 12.2. The summed E-state index contributed by atoms with van der Waals surface area (Å²) in [4.78, 5) is 12.2. The van der Waals surface area contributed by atoms with Crippen LogP contribution in [0.5, 0.6) is 0 Å². The molecule has 3 rings (SSSR count). The second-order valence-electron chi connectivity index (χ2n) is 6.26. The Balaban J connectivity index is 1.44. The molecule has 0 aromatic heterocycles. The van der Waals surface area contributed by atoms with Crippen molar-refractivity contribution in [3.05, 3.63) is 34.9 Å². The second kappa shape index (κ2) is 6.99. The fourth-order valence-electron chi connectivity index (χ4n) is 3.17. The number of rotatable bonds is 5. The van der Waals surface area contributed by atoms with Gasteiger partial charge in [-0.25, -0.2) is 0 Å². The Kier molecular flexibility index (Phi) is 5.01. The molecule has 1 saturated carbocycles. The Labute approximate surface area is 135 Å². The Morgan fingerprint density at radius 2 is 2.00 bits per heavy atom. The van der Waals surface area contributed by atoms with Crippen LogP contribution in [0.4, 0.5) is 0 Å². The fourth-order valence-corrected chi connectivity index (χ4v) is 3.29. The van der Waals surface area contributed by atoms with Crippen molar-refractivity contribution >= 4 is 17.5 Å². The lowest BCUT2D eigenvalue weighted by Crippen LogP contribution is -2.39. The van der Waals surface area contributed by atoms with E-state index in [1.165, 1.54) is 0 Å². The molecule has 2 fully saturated rings. The predicted octanol–water partition coefficient (Wildman–Crippen LogP) is 2.35. The van der Waals surface area contributed by atoms with Gasteiger partial charge >= 0.3 is 0 Å². The van der Waals surface area contributed by atoms with Crippen molar-refractivity contribution in [3.8, 4) is 0 Å². The summed E-state index contributed by atoms with van der Waals surface area (Å²) in [5, 5.41) is 13.8. The molecule has 1 amide bonds. The molecule has 1 aromatic rings. The largest absolute Gasteiger partial charge is 0.391 e. The normalized spacial score (nSPS) is 26.5. The topological polar surface area (TPSA) is 58.6 Å². The van der Waals surface area contributed by atoms with E-state index in [-0.39, 0.29) is 23.7 Å². The van der Waals surface area contributed by atoms with Gasteiger partial charge in [-0.05, 0) is 48.8 Å². The number of amides is 1. The number of hydrogen-bond acceptors (Lipinski definition) is 3. The van der Waals surface area contributed by atoms with Gasteiger partial charge < -0.3 is 15.2 Å². The summed E-state index contributed by atoms with van der Waals surface area (Å²) in [6, 6.07) is 7.69. The molecule has 1 saturated heterocycles. The second-order valence-corrected chi connectivity index (χ2v) is 6.70. The van der Waals surface area contributed by atoms with Gasteiger partial charge in [-0.1, -0.05) is 23.7 Å². The number of hydrogen-bond donors (Lipinski definition) is 2. The van der Waals surface area contributed by atoms with E-state index < -0.39 is 6.10 Å². The van der Waals surface area contributed by atoms with Crippen LogP contribution in [0.3, 0.4) is 0 Å². The van der Waals surface area contributed by atoms with Crippen molar-refractivity contribution in [1.82, 2.24) is 5.32 Å². The van der Waals surface area contributed by atoms with Crippen molar-refractivity contribution in [1.29, 1.82) is 0 Å². The average Bonchev–Trinajstić information content (AvgIpc) is 3.34. The van der Waals surface area contributed by atoms with Crippen LogP contribution in [-0.2, 0) is 9.53 Å². The van der Waals surface area contributed by atoms with Crippen molar-refractivity contribution in [3.63, 3.8) is 0 Å². The molecule has 0 bridgehead atoms. The Morgan fingerprint density at radius 1 is 1.32 bits per heavy atom. The molecular formula is C17H22ClNO3. The minimum absolute atomic E-state index is 0.0306. The van der Waals surface area contributed by atoms with Crippen molar-refractivity contribution in [2.45, 2.75) is 31.3 Å². The first-order valence-electron chi connectivity index (χ1n) is 7.94. The highest BCUT2D eigenvalue weighted by atomic mass is 35.5. The molecule has 4 nitrogen and oxygen atoms in total. The standard InChI is InChI=1S/C17H22ClNO3/c18-13-3-1-11(2-4-13)14-9-15(14)17(21)19-10-16(20)12-5-7-22-8-6-12/h1-4,12,14-16,20H,5-10H2,(H,19,21)/t14-,15-,16-/m1/s1. The van der Waals surface area contributed by atoms with Gasteiger partial charge in [-0.15, -0.1) is 0 Å². The van der Waals surface area contributed by atoms with Crippen molar-refractivity contribution < 1.29 is 14.6 Å². The van der Waals surface area contributed by atoms with E-state index in [1.54, 1.807) is 0 Å². The predicted molar refractivity (Wildman–Crippen MR) is 84.9 cm³/mol. The van der Waals surface area contributed by atoms with Crippen LogP contribution in [0.2, 0.25) is 5.02 Å². The van der Waals surface area contributed by atoms with Crippen LogP contribution < -0.4 is 5.32 Å². The highest BCUT2D eigenvalue weighted by Gasteiger charge is 2.43. The Hall–Kier alpha value is -1.10. The number of nitrogens with one attached hydrogen (secondary N) is 1. The summed E-state index contributed by atoms with van der Waals surface area (Å²) in [6.07, 6.45) is 2.14. The molecule has 2 aliphatic rings. The number of benzene rings is 1. The summed E-state index contributed by atoms with van der Waals surface area (Å²) in [7, 11) is 0. The number of aliphatic hydroxyl groups excluding tert-OH is 1. The Morgan fingerprint density at radius 3 is 2.68 bits per heavy atom. The molecular weight excluding hydrogens is 302 g/mol. The van der Waals surface area contributed by atoms with E-state index in [1.807, 2.05) is 24.3 Å². The van der Waals surface area contributed by atoms with Gasteiger partial charge in [0.05, 0.1) is 6.10 Å². The van der Waals surface area contributed by atoms with Gasteiger partial charge in [-0.2, -0.15) is 0 Å². The van der Waals surface area contributed by atoms with Crippen LogP contribution in [0.1, 0.15) is 30.7 Å². The summed E-state index contributed by atoms with van der Waals surface area (Å²) in [5.41, 5.74) is 1.16. The number of aliphatic hydroxyl groups is 1. The molecule has 0 radical (unpaired) electrons. The SMILES string of the molecule is O=C(NC[C@@H](O)C1CCOCC1)[C@@H]1C[C@@H]1c1ccc(Cl)cc1. The van der Waals surface area contributed by atoms with Crippen LogP contribution in [0.25, 0.3) is 0 Å². The first-order valence-corrected chi connectivity index (χ1v) is 8.32. The molecule has 22 heavy (non-hydrogen) atoms. The molecule has 1 aromatic carbocycles. The number of halogens is 1. The van der Waals surface area contributed by atoms with E-state index in [4.69, 9.17) is 16.3 Å². The van der Waals surface area contributed by atoms with Gasteiger partial charge in [-0.3, -0.25) is 4.79 Å². The number of carbonyl (C=O) groups excluding carboxylic acids is 1. The maximum Gasteiger partial charge on any atom is 0.223 e. The number of ether oxygens (including phenoxy) is 1. The highest BCUT2D eigenvalue weighted by Crippen LogP contribution is 2.47. The third kappa shape index (κ3) is 3.80. The van der Waals surface area contributed by atoms with E-state index in [2.05, 4.69) is 5.32 Å². The van der Waals surface area contributed by atoms with Gasteiger partial charge in [0.1, 0.15) is 0 Å². The van der Waals surface area contributed by atoms with Crippen LogP contribution in [0.15, 0.2) is 24.3 Å². The zero-order valence-corrected chi connectivity index (χ0v) is 13.3. The summed E-state index contributed by atoms with van der Waals surface area (Å²) in [5.74, 6) is 0.604. The van der Waals surface area contributed by atoms with E-state index in [0.29, 0.717) is 24.8 Å². The lowest BCUT2D eigenvalue weighted by molar-refractivity contribution is -0.123. The van der Waals surface area contributed by atoms with Crippen molar-refractivity contribution in [2.75, 3.05) is 19.8 Å². The molecule has 0 spiro atoms. The van der Waals surface area contributed by atoms with Crippen LogP contribution >= 0.6 is 11.6 Å². The lowest BCUT2D eigenvalue weighted by atomic mass is 9.94. The smallest absolute Gasteiger partial charge is 0.223 e. The third-order valence-electron chi connectivity index (χ3n) is 4.72. The summed E-state index contributed by atoms with van der Waals surface area (Å²) < 4.78 is 5.29. The minimum atomic E-state index is -0.472. The van der Waals surface area contributed by atoms with Crippen LogP contribution in [0, 0.1) is 11.8 Å². The van der Waals surface area contributed by atoms with E-state index >= 15 is 0 Å². The van der Waals surface area contributed by atoms with E-state index in [9.17, 15) is 9.90 Å². The summed E-state index contributed by atoms with van der Waals surface area (Å²) >= 11 is 5.88. The molecule has 0 unspecified atom stereocenters. The number of carbonyl (C=O) groups is 1. The molecule has 2 N–H and O–H groups in total. The maximum absolute atomic E-state index is 12.2. The molecule has 3 atom stereocenters.